The zero-order valence-electron chi connectivity index (χ0n) is 14.7. The summed E-state index contributed by atoms with van der Waals surface area (Å²) in [7, 11) is -3.60. The number of piperidine rings is 1. The molecule has 0 bridgehead atoms. The van der Waals surface area contributed by atoms with Gasteiger partial charge in [0.25, 0.3) is 0 Å². The van der Waals surface area contributed by atoms with E-state index in [2.05, 4.69) is 20.1 Å². The van der Waals surface area contributed by atoms with E-state index in [1.165, 1.54) is 22.5 Å². The van der Waals surface area contributed by atoms with Crippen LogP contribution < -0.4 is 5.32 Å². The Hall–Kier alpha value is -1.84. The molecule has 7 nitrogen and oxygen atoms in total. The van der Waals surface area contributed by atoms with Gasteiger partial charge in [0, 0.05) is 32.1 Å². The summed E-state index contributed by atoms with van der Waals surface area (Å²) in [5.74, 6) is 1.74. The number of fused-ring (bicyclic) bond motifs is 1. The van der Waals surface area contributed by atoms with Gasteiger partial charge in [0.05, 0.1) is 11.4 Å². The first kappa shape index (κ1) is 17.6. The van der Waals surface area contributed by atoms with E-state index in [9.17, 15) is 12.8 Å². The monoisotopic (exact) mass is 379 g/mol. The van der Waals surface area contributed by atoms with Gasteiger partial charge in [0.2, 0.25) is 10.0 Å². The fraction of sp³-hybridized carbons (Fsp3) is 0.529. The quantitative estimate of drug-likeness (QED) is 0.872. The minimum atomic E-state index is -3.60. The Kier molecular flexibility index (Phi) is 4.54. The molecule has 140 valence electrons. The number of nitrogens with zero attached hydrogens (tertiary/aromatic N) is 4. The molecule has 0 unspecified atom stereocenters. The number of benzene rings is 1. The fourth-order valence-corrected chi connectivity index (χ4v) is 5.25. The van der Waals surface area contributed by atoms with Crippen LogP contribution >= 0.6 is 0 Å². The molecule has 1 fully saturated rings. The highest BCUT2D eigenvalue weighted by Gasteiger charge is 2.32. The van der Waals surface area contributed by atoms with Crippen LogP contribution in [-0.4, -0.2) is 47.1 Å². The molecule has 0 radical (unpaired) electrons. The van der Waals surface area contributed by atoms with Crippen molar-refractivity contribution in [3.05, 3.63) is 41.2 Å². The molecule has 4 rings (SSSR count). The second-order valence-corrected chi connectivity index (χ2v) is 8.83. The van der Waals surface area contributed by atoms with E-state index in [1.807, 2.05) is 0 Å². The molecule has 1 aromatic carbocycles. The smallest absolute Gasteiger partial charge is 0.243 e. The van der Waals surface area contributed by atoms with Crippen LogP contribution in [0.25, 0.3) is 0 Å². The lowest BCUT2D eigenvalue weighted by molar-refractivity contribution is 0.307. The number of halogens is 1. The standard InChI is InChI=1S/C17H22FN5O2S/c1-12-10-14(2-3-15(12)18)26(24,25)22-7-4-13(5-8-22)17-21-20-16-11-19-6-9-23(16)17/h2-3,10,13,19H,4-9,11H2,1H3. The van der Waals surface area contributed by atoms with E-state index in [0.29, 0.717) is 31.5 Å². The number of sulfonamides is 1. The zero-order chi connectivity index (χ0) is 18.3. The molecular formula is C17H22FN5O2S. The highest BCUT2D eigenvalue weighted by Crippen LogP contribution is 2.30. The molecule has 9 heteroatoms. The lowest BCUT2D eigenvalue weighted by atomic mass is 9.97. The van der Waals surface area contributed by atoms with Gasteiger partial charge in [0.1, 0.15) is 17.5 Å². The van der Waals surface area contributed by atoms with Gasteiger partial charge in [-0.15, -0.1) is 10.2 Å². The van der Waals surface area contributed by atoms with Crippen molar-refractivity contribution >= 4 is 10.0 Å². The van der Waals surface area contributed by atoms with Gasteiger partial charge in [-0.2, -0.15) is 4.31 Å². The van der Waals surface area contributed by atoms with Gasteiger partial charge in [0.15, 0.2) is 0 Å². The van der Waals surface area contributed by atoms with Crippen molar-refractivity contribution in [2.45, 2.75) is 43.7 Å². The molecule has 0 saturated carbocycles. The molecule has 0 spiro atoms. The maximum Gasteiger partial charge on any atom is 0.243 e. The topological polar surface area (TPSA) is 80.1 Å². The minimum Gasteiger partial charge on any atom is -0.312 e. The molecule has 2 aromatic rings. The maximum atomic E-state index is 13.4. The molecule has 26 heavy (non-hydrogen) atoms. The second-order valence-electron chi connectivity index (χ2n) is 6.89. The molecule has 1 N–H and O–H groups in total. The van der Waals surface area contributed by atoms with Crippen LogP contribution in [0.3, 0.4) is 0 Å². The van der Waals surface area contributed by atoms with Crippen molar-refractivity contribution < 1.29 is 12.8 Å². The highest BCUT2D eigenvalue weighted by atomic mass is 32.2. The highest BCUT2D eigenvalue weighted by molar-refractivity contribution is 7.89. The molecular weight excluding hydrogens is 357 g/mol. The number of nitrogens with one attached hydrogen (secondary N) is 1. The Morgan fingerprint density at radius 2 is 1.96 bits per heavy atom. The molecule has 0 amide bonds. The van der Waals surface area contributed by atoms with Gasteiger partial charge >= 0.3 is 0 Å². The summed E-state index contributed by atoms with van der Waals surface area (Å²) in [4.78, 5) is 0.154. The zero-order valence-corrected chi connectivity index (χ0v) is 15.5. The van der Waals surface area contributed by atoms with Gasteiger partial charge in [-0.3, -0.25) is 0 Å². The van der Waals surface area contributed by atoms with Crippen LogP contribution in [0, 0.1) is 12.7 Å². The summed E-state index contributed by atoms with van der Waals surface area (Å²) in [5.41, 5.74) is 0.338. The average molecular weight is 379 g/mol. The largest absolute Gasteiger partial charge is 0.312 e. The summed E-state index contributed by atoms with van der Waals surface area (Å²) in [6.45, 7) is 4.92. The number of aromatic nitrogens is 3. The third-order valence-electron chi connectivity index (χ3n) is 5.24. The molecule has 2 aliphatic heterocycles. The van der Waals surface area contributed by atoms with Crippen molar-refractivity contribution in [2.75, 3.05) is 19.6 Å². The Morgan fingerprint density at radius 3 is 2.69 bits per heavy atom. The maximum absolute atomic E-state index is 13.4. The van der Waals surface area contributed by atoms with E-state index >= 15 is 0 Å². The van der Waals surface area contributed by atoms with E-state index < -0.39 is 15.8 Å². The fourth-order valence-electron chi connectivity index (χ4n) is 3.70. The normalized spacial score (nSPS) is 19.5. The molecule has 0 aliphatic carbocycles. The Labute approximate surface area is 152 Å². The van der Waals surface area contributed by atoms with Crippen LogP contribution in [0.2, 0.25) is 0 Å². The lowest BCUT2D eigenvalue weighted by Crippen LogP contribution is -2.38. The molecule has 1 aromatic heterocycles. The predicted octanol–water partition coefficient (Wildman–Crippen LogP) is 1.40. The van der Waals surface area contributed by atoms with Crippen molar-refractivity contribution in [3.8, 4) is 0 Å². The van der Waals surface area contributed by atoms with E-state index in [4.69, 9.17) is 0 Å². The molecule has 2 aliphatic rings. The third kappa shape index (κ3) is 3.04. The molecule has 1 saturated heterocycles. The minimum absolute atomic E-state index is 0.154. The number of hydrogen-bond acceptors (Lipinski definition) is 5. The summed E-state index contributed by atoms with van der Waals surface area (Å²) in [6, 6.07) is 3.95. The van der Waals surface area contributed by atoms with Crippen LogP contribution in [-0.2, 0) is 23.1 Å². The van der Waals surface area contributed by atoms with E-state index in [1.54, 1.807) is 6.92 Å². The van der Waals surface area contributed by atoms with Crippen molar-refractivity contribution in [2.24, 2.45) is 0 Å². The SMILES string of the molecule is Cc1cc(S(=O)(=O)N2CCC(c3nnc4n3CCNC4)CC2)ccc1F. The summed E-state index contributed by atoms with van der Waals surface area (Å²) < 4.78 is 42.8. The predicted molar refractivity (Wildman–Crippen MR) is 93.6 cm³/mol. The van der Waals surface area contributed by atoms with Gasteiger partial charge in [-0.05, 0) is 43.5 Å². The first-order valence-electron chi connectivity index (χ1n) is 8.86. The van der Waals surface area contributed by atoms with Gasteiger partial charge in [-0.25, -0.2) is 12.8 Å². The third-order valence-corrected chi connectivity index (χ3v) is 7.13. The Bertz CT molecular complexity index is 919. The first-order chi connectivity index (χ1) is 12.5. The Morgan fingerprint density at radius 1 is 1.19 bits per heavy atom. The van der Waals surface area contributed by atoms with Crippen LogP contribution in [0.5, 0.6) is 0 Å². The van der Waals surface area contributed by atoms with Crippen LogP contribution in [0.15, 0.2) is 23.1 Å². The first-order valence-corrected chi connectivity index (χ1v) is 10.3. The van der Waals surface area contributed by atoms with Crippen LogP contribution in [0.4, 0.5) is 4.39 Å². The number of aryl methyl sites for hydroxylation is 1. The van der Waals surface area contributed by atoms with Gasteiger partial charge in [-0.1, -0.05) is 0 Å². The summed E-state index contributed by atoms with van der Waals surface area (Å²) >= 11 is 0. The molecule has 3 heterocycles. The van der Waals surface area contributed by atoms with Gasteiger partial charge < -0.3 is 9.88 Å². The van der Waals surface area contributed by atoms with E-state index in [-0.39, 0.29) is 10.8 Å². The number of rotatable bonds is 3. The number of hydrogen-bond donors (Lipinski definition) is 1. The lowest BCUT2D eigenvalue weighted by Gasteiger charge is -2.31. The van der Waals surface area contributed by atoms with Crippen LogP contribution in [0.1, 0.15) is 36.0 Å². The second kappa shape index (κ2) is 6.71. The van der Waals surface area contributed by atoms with Crippen molar-refractivity contribution in [3.63, 3.8) is 0 Å². The summed E-state index contributed by atoms with van der Waals surface area (Å²) in [6.07, 6.45) is 1.43. The van der Waals surface area contributed by atoms with Crippen molar-refractivity contribution in [1.82, 2.24) is 24.4 Å². The summed E-state index contributed by atoms with van der Waals surface area (Å²) in [5, 5.41) is 11.9. The van der Waals surface area contributed by atoms with Crippen molar-refractivity contribution in [1.29, 1.82) is 0 Å². The molecule has 0 atom stereocenters. The average Bonchev–Trinajstić information content (AvgIpc) is 3.08. The Balaban J connectivity index is 1.49. The van der Waals surface area contributed by atoms with E-state index in [0.717, 1.165) is 31.3 Å².